The van der Waals surface area contributed by atoms with E-state index in [4.69, 9.17) is 26.1 Å². The van der Waals surface area contributed by atoms with E-state index in [1.165, 1.54) is 0 Å². The minimum Gasteiger partial charge on any atom is -0.493 e. The lowest BCUT2D eigenvalue weighted by Gasteiger charge is -2.20. The second-order valence-corrected chi connectivity index (χ2v) is 7.14. The van der Waals surface area contributed by atoms with Gasteiger partial charge in [-0.05, 0) is 31.5 Å². The van der Waals surface area contributed by atoms with Crippen LogP contribution in [0.3, 0.4) is 0 Å². The summed E-state index contributed by atoms with van der Waals surface area (Å²) in [6.45, 7) is 5.04. The number of rotatable bonds is 7. The molecule has 1 aliphatic heterocycles. The van der Waals surface area contributed by atoms with Gasteiger partial charge in [0.2, 0.25) is 0 Å². The Balaban J connectivity index is 1.67. The van der Waals surface area contributed by atoms with Crippen molar-refractivity contribution in [2.45, 2.75) is 25.9 Å². The van der Waals surface area contributed by atoms with Crippen molar-refractivity contribution in [3.63, 3.8) is 0 Å². The molecule has 2 aromatic rings. The number of guanidine groups is 1. The van der Waals surface area contributed by atoms with Crippen molar-refractivity contribution in [1.29, 1.82) is 0 Å². The lowest BCUT2D eigenvalue weighted by molar-refractivity contribution is 0.352. The van der Waals surface area contributed by atoms with Crippen molar-refractivity contribution in [2.75, 3.05) is 38.8 Å². The molecule has 0 amide bonds. The summed E-state index contributed by atoms with van der Waals surface area (Å²) in [6, 6.07) is 9.80. The number of nitrogens with zero attached hydrogens (tertiary/aromatic N) is 3. The van der Waals surface area contributed by atoms with Gasteiger partial charge >= 0.3 is 0 Å². The molecular weight excluding hydrogens is 390 g/mol. The minimum atomic E-state index is 0.262. The number of nitrogens with one attached hydrogen (secondary N) is 2. The lowest BCUT2D eigenvalue weighted by atomic mass is 10.2. The van der Waals surface area contributed by atoms with Gasteiger partial charge in [-0.25, -0.2) is 9.98 Å². The number of pyridine rings is 1. The van der Waals surface area contributed by atoms with Gasteiger partial charge in [0.05, 0.1) is 25.8 Å². The summed E-state index contributed by atoms with van der Waals surface area (Å²) in [6.07, 6.45) is 2.76. The number of ether oxygens (including phenoxy) is 2. The minimum absolute atomic E-state index is 0.262. The Morgan fingerprint density at radius 1 is 1.28 bits per heavy atom. The van der Waals surface area contributed by atoms with Crippen molar-refractivity contribution in [1.82, 2.24) is 15.6 Å². The Morgan fingerprint density at radius 3 is 2.86 bits per heavy atom. The molecule has 1 aliphatic rings. The third-order valence-electron chi connectivity index (χ3n) is 4.80. The van der Waals surface area contributed by atoms with Crippen LogP contribution in [-0.4, -0.2) is 50.8 Å². The van der Waals surface area contributed by atoms with Crippen molar-refractivity contribution < 1.29 is 9.47 Å². The molecular formula is C21H28ClN5O2. The van der Waals surface area contributed by atoms with Gasteiger partial charge in [0.25, 0.3) is 0 Å². The van der Waals surface area contributed by atoms with E-state index in [9.17, 15) is 0 Å². The highest BCUT2D eigenvalue weighted by Crippen LogP contribution is 2.31. The highest BCUT2D eigenvalue weighted by atomic mass is 35.5. The molecule has 1 aromatic heterocycles. The highest BCUT2D eigenvalue weighted by Gasteiger charge is 2.25. The molecule has 8 heteroatoms. The van der Waals surface area contributed by atoms with E-state index in [1.807, 2.05) is 30.3 Å². The second-order valence-electron chi connectivity index (χ2n) is 6.73. The van der Waals surface area contributed by atoms with Gasteiger partial charge in [-0.1, -0.05) is 23.7 Å². The average Bonchev–Trinajstić information content (AvgIpc) is 3.20. The largest absolute Gasteiger partial charge is 0.493 e. The highest BCUT2D eigenvalue weighted by molar-refractivity contribution is 6.32. The number of benzene rings is 1. The predicted octanol–water partition coefficient (Wildman–Crippen LogP) is 3.09. The summed E-state index contributed by atoms with van der Waals surface area (Å²) in [7, 11) is 3.28. The summed E-state index contributed by atoms with van der Waals surface area (Å²) in [5, 5.41) is 7.52. The molecule has 2 N–H and O–H groups in total. The average molecular weight is 418 g/mol. The fourth-order valence-corrected chi connectivity index (χ4v) is 3.68. The zero-order valence-corrected chi connectivity index (χ0v) is 17.9. The molecule has 0 spiro atoms. The van der Waals surface area contributed by atoms with Crippen molar-refractivity contribution in [2.24, 2.45) is 4.99 Å². The van der Waals surface area contributed by atoms with Crippen molar-refractivity contribution >= 4 is 23.4 Å². The topological polar surface area (TPSA) is 71.0 Å². The van der Waals surface area contributed by atoms with Gasteiger partial charge in [-0.3, -0.25) is 0 Å². The molecule has 0 bridgehead atoms. The molecule has 1 saturated heterocycles. The van der Waals surface area contributed by atoms with Crippen LogP contribution in [0.4, 0.5) is 5.82 Å². The molecule has 0 radical (unpaired) electrons. The van der Waals surface area contributed by atoms with Crippen molar-refractivity contribution in [3.8, 4) is 11.5 Å². The van der Waals surface area contributed by atoms with E-state index < -0.39 is 0 Å². The van der Waals surface area contributed by atoms with E-state index in [-0.39, 0.29) is 6.04 Å². The first-order valence-electron chi connectivity index (χ1n) is 9.76. The van der Waals surface area contributed by atoms with Crippen LogP contribution in [0, 0.1) is 0 Å². The number of hydrogen-bond acceptors (Lipinski definition) is 5. The normalized spacial score (nSPS) is 16.6. The maximum atomic E-state index is 6.30. The first-order valence-corrected chi connectivity index (χ1v) is 10.1. The van der Waals surface area contributed by atoms with Gasteiger partial charge in [-0.2, -0.15) is 0 Å². The first kappa shape index (κ1) is 21.0. The molecule has 1 atom stereocenters. The molecule has 3 rings (SSSR count). The van der Waals surface area contributed by atoms with Crippen LogP contribution in [0.25, 0.3) is 0 Å². The van der Waals surface area contributed by atoms with E-state index in [1.54, 1.807) is 20.4 Å². The van der Waals surface area contributed by atoms with Crippen LogP contribution >= 0.6 is 11.6 Å². The van der Waals surface area contributed by atoms with Crippen LogP contribution in [0.5, 0.6) is 11.5 Å². The zero-order chi connectivity index (χ0) is 20.6. The summed E-state index contributed by atoms with van der Waals surface area (Å²) in [4.78, 5) is 11.4. The molecule has 156 valence electrons. The number of hydrogen-bond donors (Lipinski definition) is 2. The van der Waals surface area contributed by atoms with Crippen LogP contribution in [-0.2, 0) is 6.54 Å². The summed E-state index contributed by atoms with van der Waals surface area (Å²) >= 11 is 6.30. The number of anilines is 1. The molecule has 2 heterocycles. The Labute approximate surface area is 177 Å². The summed E-state index contributed by atoms with van der Waals surface area (Å²) in [5.41, 5.74) is 0.970. The Bertz CT molecular complexity index is 846. The summed E-state index contributed by atoms with van der Waals surface area (Å²) in [5.74, 6) is 3.03. The van der Waals surface area contributed by atoms with Crippen LogP contribution in [0.2, 0.25) is 5.02 Å². The Morgan fingerprint density at radius 2 is 2.14 bits per heavy atom. The van der Waals surface area contributed by atoms with Gasteiger partial charge in [0.15, 0.2) is 17.5 Å². The second kappa shape index (κ2) is 10.2. The van der Waals surface area contributed by atoms with E-state index in [0.29, 0.717) is 23.1 Å². The van der Waals surface area contributed by atoms with Crippen LogP contribution < -0.4 is 25.0 Å². The number of aromatic nitrogens is 1. The SMILES string of the molecule is CCNC(=NCc1cccc(OC)c1OC)NC1CCN(c2ncccc2Cl)C1. The van der Waals surface area contributed by atoms with Crippen molar-refractivity contribution in [3.05, 3.63) is 47.1 Å². The maximum Gasteiger partial charge on any atom is 0.191 e. The first-order chi connectivity index (χ1) is 14.2. The Hall–Kier alpha value is -2.67. The quantitative estimate of drug-likeness (QED) is 0.533. The van der Waals surface area contributed by atoms with Gasteiger partial charge in [0.1, 0.15) is 5.82 Å². The molecule has 1 aromatic carbocycles. The van der Waals surface area contributed by atoms with Gasteiger partial charge in [-0.15, -0.1) is 0 Å². The smallest absolute Gasteiger partial charge is 0.191 e. The molecule has 29 heavy (non-hydrogen) atoms. The number of aliphatic imine (C=N–C) groups is 1. The maximum absolute atomic E-state index is 6.30. The van der Waals surface area contributed by atoms with E-state index >= 15 is 0 Å². The predicted molar refractivity (Wildman–Crippen MR) is 117 cm³/mol. The molecule has 0 aliphatic carbocycles. The zero-order valence-electron chi connectivity index (χ0n) is 17.1. The van der Waals surface area contributed by atoms with E-state index in [0.717, 1.165) is 43.4 Å². The van der Waals surface area contributed by atoms with E-state index in [2.05, 4.69) is 27.4 Å². The third kappa shape index (κ3) is 5.23. The number of halogens is 1. The number of methoxy groups -OCH3 is 2. The van der Waals surface area contributed by atoms with Crippen LogP contribution in [0.1, 0.15) is 18.9 Å². The fraction of sp³-hybridized carbons (Fsp3) is 0.429. The summed E-state index contributed by atoms with van der Waals surface area (Å²) < 4.78 is 10.9. The Kier molecular flexibility index (Phi) is 7.41. The van der Waals surface area contributed by atoms with Gasteiger partial charge < -0.3 is 25.0 Å². The fourth-order valence-electron chi connectivity index (χ4n) is 3.44. The standard InChI is InChI=1S/C21H28ClN5O2/c1-4-23-21(25-13-15-7-5-9-18(28-2)19(15)29-3)26-16-10-12-27(14-16)20-17(22)8-6-11-24-20/h5-9,11,16H,4,10,12-14H2,1-3H3,(H2,23,25,26). The molecule has 0 saturated carbocycles. The molecule has 1 unspecified atom stereocenters. The van der Waals surface area contributed by atoms with Crippen LogP contribution in [0.15, 0.2) is 41.5 Å². The molecule has 7 nitrogen and oxygen atoms in total. The van der Waals surface area contributed by atoms with Gasteiger partial charge in [0, 0.05) is 37.4 Å². The number of para-hydroxylation sites is 1. The monoisotopic (exact) mass is 417 g/mol. The lowest BCUT2D eigenvalue weighted by Crippen LogP contribution is -2.44. The molecule has 1 fully saturated rings. The third-order valence-corrected chi connectivity index (χ3v) is 5.10.